The standard InChI is InChI=1S/C19H29BrN2O2/c1-15-7-4-5-12-22(15)13-6-14-24-17-10-8-16(9-11-17)21-18(23)19(2,3)20/h8-11,15H,4-7,12-14H2,1-3H3,(H,21,23). The summed E-state index contributed by atoms with van der Waals surface area (Å²) in [6.45, 7) is 9.02. The maximum atomic E-state index is 11.9. The summed E-state index contributed by atoms with van der Waals surface area (Å²) in [6, 6.07) is 8.26. The van der Waals surface area contributed by atoms with E-state index in [1.54, 1.807) is 0 Å². The number of likely N-dealkylation sites (tertiary alicyclic amines) is 1. The molecular formula is C19H29BrN2O2. The van der Waals surface area contributed by atoms with E-state index in [1.165, 1.54) is 25.8 Å². The van der Waals surface area contributed by atoms with E-state index >= 15 is 0 Å². The van der Waals surface area contributed by atoms with Crippen molar-refractivity contribution in [1.82, 2.24) is 4.90 Å². The van der Waals surface area contributed by atoms with Gasteiger partial charge in [-0.05, 0) is 70.8 Å². The Hall–Kier alpha value is -1.07. The number of carbonyl (C=O) groups excluding carboxylic acids is 1. The molecule has 1 aromatic rings. The fraction of sp³-hybridized carbons (Fsp3) is 0.632. The number of piperidine rings is 1. The first-order valence-corrected chi connectivity index (χ1v) is 9.63. The first kappa shape index (κ1) is 19.3. The number of benzene rings is 1. The summed E-state index contributed by atoms with van der Waals surface area (Å²) in [5, 5.41) is 2.88. The van der Waals surface area contributed by atoms with Gasteiger partial charge >= 0.3 is 0 Å². The molecule has 1 aromatic carbocycles. The van der Waals surface area contributed by atoms with E-state index in [0.29, 0.717) is 6.04 Å². The predicted molar refractivity (Wildman–Crippen MR) is 103 cm³/mol. The largest absolute Gasteiger partial charge is 0.494 e. The number of hydrogen-bond acceptors (Lipinski definition) is 3. The minimum atomic E-state index is -0.576. The molecule has 1 unspecified atom stereocenters. The highest BCUT2D eigenvalue weighted by molar-refractivity contribution is 9.10. The van der Waals surface area contributed by atoms with Gasteiger partial charge in [0.15, 0.2) is 0 Å². The number of hydrogen-bond donors (Lipinski definition) is 1. The zero-order chi connectivity index (χ0) is 17.6. The van der Waals surface area contributed by atoms with Crippen LogP contribution in [-0.4, -0.2) is 40.9 Å². The number of nitrogens with zero attached hydrogens (tertiary/aromatic N) is 1. The predicted octanol–water partition coefficient (Wildman–Crippen LogP) is 4.44. The van der Waals surface area contributed by atoms with E-state index in [2.05, 4.69) is 33.1 Å². The molecule has 0 aliphatic carbocycles. The second kappa shape index (κ2) is 8.86. The molecule has 0 aromatic heterocycles. The molecular weight excluding hydrogens is 368 g/mol. The van der Waals surface area contributed by atoms with Crippen LogP contribution < -0.4 is 10.1 Å². The van der Waals surface area contributed by atoms with Crippen molar-refractivity contribution in [1.29, 1.82) is 0 Å². The third kappa shape index (κ3) is 6.10. The average Bonchev–Trinajstić information content (AvgIpc) is 2.53. The molecule has 1 heterocycles. The van der Waals surface area contributed by atoms with Gasteiger partial charge in [-0.2, -0.15) is 0 Å². The van der Waals surface area contributed by atoms with Gasteiger partial charge < -0.3 is 15.0 Å². The number of halogens is 1. The fourth-order valence-electron chi connectivity index (χ4n) is 2.86. The zero-order valence-corrected chi connectivity index (χ0v) is 16.6. The Labute approximate surface area is 154 Å². The van der Waals surface area contributed by atoms with Gasteiger partial charge in [0.2, 0.25) is 5.91 Å². The summed E-state index contributed by atoms with van der Waals surface area (Å²) in [5.41, 5.74) is 0.780. The highest BCUT2D eigenvalue weighted by Crippen LogP contribution is 2.21. The minimum absolute atomic E-state index is 0.0631. The fourth-order valence-corrected chi connectivity index (χ4v) is 2.96. The van der Waals surface area contributed by atoms with E-state index in [-0.39, 0.29) is 5.91 Å². The maximum Gasteiger partial charge on any atom is 0.240 e. The Morgan fingerprint density at radius 1 is 1.33 bits per heavy atom. The van der Waals surface area contributed by atoms with Crippen LogP contribution in [0.25, 0.3) is 0 Å². The maximum absolute atomic E-state index is 11.9. The molecule has 0 radical (unpaired) electrons. The van der Waals surface area contributed by atoms with Crippen LogP contribution in [0.4, 0.5) is 5.69 Å². The molecule has 4 nitrogen and oxygen atoms in total. The second-order valence-electron chi connectivity index (χ2n) is 7.03. The first-order chi connectivity index (χ1) is 11.4. The Bertz CT molecular complexity index is 525. The molecule has 0 spiro atoms. The van der Waals surface area contributed by atoms with Crippen molar-refractivity contribution in [2.24, 2.45) is 0 Å². The van der Waals surface area contributed by atoms with Crippen LogP contribution in [-0.2, 0) is 4.79 Å². The third-order valence-corrected chi connectivity index (χ3v) is 4.81. The molecule has 1 fully saturated rings. The molecule has 1 saturated heterocycles. The number of rotatable bonds is 7. The quantitative estimate of drug-likeness (QED) is 0.546. The number of nitrogens with one attached hydrogen (secondary N) is 1. The van der Waals surface area contributed by atoms with Crippen LogP contribution in [0.15, 0.2) is 24.3 Å². The normalized spacial score (nSPS) is 19.1. The van der Waals surface area contributed by atoms with Gasteiger partial charge in [0, 0.05) is 18.3 Å². The van der Waals surface area contributed by atoms with Gasteiger partial charge in [-0.1, -0.05) is 22.4 Å². The van der Waals surface area contributed by atoms with E-state index in [1.807, 2.05) is 38.1 Å². The lowest BCUT2D eigenvalue weighted by Crippen LogP contribution is -2.38. The molecule has 1 N–H and O–H groups in total. The number of amides is 1. The molecule has 24 heavy (non-hydrogen) atoms. The third-order valence-electron chi connectivity index (χ3n) is 4.45. The van der Waals surface area contributed by atoms with Crippen LogP contribution in [0.3, 0.4) is 0 Å². The average molecular weight is 397 g/mol. The van der Waals surface area contributed by atoms with E-state index in [0.717, 1.165) is 31.0 Å². The second-order valence-corrected chi connectivity index (χ2v) is 9.02. The summed E-state index contributed by atoms with van der Waals surface area (Å²) in [7, 11) is 0. The smallest absolute Gasteiger partial charge is 0.240 e. The molecule has 1 atom stereocenters. The zero-order valence-electron chi connectivity index (χ0n) is 15.0. The Morgan fingerprint density at radius 3 is 2.67 bits per heavy atom. The van der Waals surface area contributed by atoms with Gasteiger partial charge in [-0.15, -0.1) is 0 Å². The Kier molecular flexibility index (Phi) is 7.11. The van der Waals surface area contributed by atoms with Crippen molar-refractivity contribution in [2.75, 3.05) is 25.0 Å². The summed E-state index contributed by atoms with van der Waals surface area (Å²) >= 11 is 3.35. The van der Waals surface area contributed by atoms with Crippen LogP contribution in [0.1, 0.15) is 46.5 Å². The number of carbonyl (C=O) groups is 1. The molecule has 134 valence electrons. The van der Waals surface area contributed by atoms with Gasteiger partial charge in [0.25, 0.3) is 0 Å². The SMILES string of the molecule is CC1CCCCN1CCCOc1ccc(NC(=O)C(C)(C)Br)cc1. The topological polar surface area (TPSA) is 41.6 Å². The van der Waals surface area contributed by atoms with Crippen LogP contribution in [0.5, 0.6) is 5.75 Å². The lowest BCUT2D eigenvalue weighted by atomic mass is 10.0. The van der Waals surface area contributed by atoms with Gasteiger partial charge in [0.1, 0.15) is 5.75 Å². The van der Waals surface area contributed by atoms with Crippen molar-refractivity contribution in [2.45, 2.75) is 56.8 Å². The molecule has 1 aliphatic heterocycles. The van der Waals surface area contributed by atoms with E-state index in [4.69, 9.17) is 4.74 Å². The minimum Gasteiger partial charge on any atom is -0.494 e. The van der Waals surface area contributed by atoms with Crippen LogP contribution in [0.2, 0.25) is 0 Å². The van der Waals surface area contributed by atoms with Crippen molar-refractivity contribution < 1.29 is 9.53 Å². The summed E-state index contributed by atoms with van der Waals surface area (Å²) in [4.78, 5) is 14.5. The highest BCUT2D eigenvalue weighted by Gasteiger charge is 2.23. The van der Waals surface area contributed by atoms with E-state index < -0.39 is 4.32 Å². The summed E-state index contributed by atoms with van der Waals surface area (Å²) in [6.07, 6.45) is 5.05. The van der Waals surface area contributed by atoms with Crippen LogP contribution >= 0.6 is 15.9 Å². The molecule has 1 amide bonds. The van der Waals surface area contributed by atoms with Crippen molar-refractivity contribution in [3.8, 4) is 5.75 Å². The van der Waals surface area contributed by atoms with Gasteiger partial charge in [-0.25, -0.2) is 0 Å². The van der Waals surface area contributed by atoms with E-state index in [9.17, 15) is 4.79 Å². The van der Waals surface area contributed by atoms with Gasteiger partial charge in [-0.3, -0.25) is 4.79 Å². The molecule has 0 saturated carbocycles. The molecule has 0 bridgehead atoms. The summed E-state index contributed by atoms with van der Waals surface area (Å²) < 4.78 is 5.24. The van der Waals surface area contributed by atoms with Gasteiger partial charge in [0.05, 0.1) is 10.9 Å². The lowest BCUT2D eigenvalue weighted by Gasteiger charge is -2.33. The monoisotopic (exact) mass is 396 g/mol. The lowest BCUT2D eigenvalue weighted by molar-refractivity contribution is -0.117. The summed E-state index contributed by atoms with van der Waals surface area (Å²) in [5.74, 6) is 0.782. The van der Waals surface area contributed by atoms with Crippen molar-refractivity contribution in [3.63, 3.8) is 0 Å². The molecule has 1 aliphatic rings. The number of alkyl halides is 1. The highest BCUT2D eigenvalue weighted by atomic mass is 79.9. The molecule has 2 rings (SSSR count). The Balaban J connectivity index is 1.71. The van der Waals surface area contributed by atoms with Crippen LogP contribution in [0, 0.1) is 0 Å². The van der Waals surface area contributed by atoms with Crippen molar-refractivity contribution >= 4 is 27.5 Å². The number of ether oxygens (including phenoxy) is 1. The Morgan fingerprint density at radius 2 is 2.04 bits per heavy atom. The van der Waals surface area contributed by atoms with Crippen molar-refractivity contribution in [3.05, 3.63) is 24.3 Å². The first-order valence-electron chi connectivity index (χ1n) is 8.83. The number of anilines is 1. The molecule has 5 heteroatoms.